The van der Waals surface area contributed by atoms with Crippen LogP contribution in [0.2, 0.25) is 0 Å². The number of benzene rings is 1. The van der Waals surface area contributed by atoms with Gasteiger partial charge < -0.3 is 16.2 Å². The van der Waals surface area contributed by atoms with Crippen molar-refractivity contribution in [1.29, 1.82) is 0 Å². The van der Waals surface area contributed by atoms with Gasteiger partial charge in [-0.05, 0) is 29.9 Å². The fourth-order valence-corrected chi connectivity index (χ4v) is 2.28. The maximum Gasteiger partial charge on any atom is 0.251 e. The fourth-order valence-electron chi connectivity index (χ4n) is 2.28. The van der Waals surface area contributed by atoms with Crippen LogP contribution in [-0.2, 0) is 10.8 Å². The van der Waals surface area contributed by atoms with Crippen molar-refractivity contribution >= 4 is 5.91 Å². The Kier molecular flexibility index (Phi) is 5.29. The second-order valence-corrected chi connectivity index (χ2v) is 8.03. The van der Waals surface area contributed by atoms with Gasteiger partial charge in [-0.25, -0.2) is 0 Å². The number of nitrogens with one attached hydrogen (secondary N) is 1. The first kappa shape index (κ1) is 18.5. The normalized spacial score (nSPS) is 13.8. The predicted octanol–water partition coefficient (Wildman–Crippen LogP) is 3.06. The van der Waals surface area contributed by atoms with Gasteiger partial charge >= 0.3 is 0 Å². The highest BCUT2D eigenvalue weighted by Crippen LogP contribution is 2.39. The van der Waals surface area contributed by atoms with E-state index < -0.39 is 0 Å². The highest BCUT2D eigenvalue weighted by molar-refractivity contribution is 5.95. The summed E-state index contributed by atoms with van der Waals surface area (Å²) in [7, 11) is 0. The summed E-state index contributed by atoms with van der Waals surface area (Å²) in [5.74, 6) is 0.123. The van der Waals surface area contributed by atoms with Crippen LogP contribution in [0.15, 0.2) is 12.1 Å². The third kappa shape index (κ3) is 4.23. The zero-order chi connectivity index (χ0) is 17.3. The summed E-state index contributed by atoms with van der Waals surface area (Å²) in [6, 6.07) is 3.48. The molecule has 0 aliphatic heterocycles. The van der Waals surface area contributed by atoms with Crippen molar-refractivity contribution in [3.8, 4) is 5.75 Å². The lowest BCUT2D eigenvalue weighted by atomic mass is 9.78. The molecule has 0 fully saturated rings. The molecule has 0 aliphatic rings. The Balaban J connectivity index is 3.45. The largest absolute Gasteiger partial charge is 0.507 e. The summed E-state index contributed by atoms with van der Waals surface area (Å²) in [6.45, 7) is 14.4. The first-order valence-corrected chi connectivity index (χ1v) is 7.76. The molecule has 124 valence electrons. The van der Waals surface area contributed by atoms with E-state index in [2.05, 4.69) is 5.32 Å². The number of phenols is 1. The minimum Gasteiger partial charge on any atom is -0.507 e. The molecule has 0 radical (unpaired) electrons. The SMILES string of the molecule is CC(CN)NC(=O)c1cc(C(C)(C)C)c(O)c(C(C)(C)C)c1. The molecule has 1 rings (SSSR count). The van der Waals surface area contributed by atoms with E-state index in [4.69, 9.17) is 5.73 Å². The molecule has 0 spiro atoms. The molecule has 1 aromatic rings. The molecule has 0 bridgehead atoms. The molecule has 1 atom stereocenters. The first-order chi connectivity index (χ1) is 9.87. The standard InChI is InChI=1S/C18H30N2O2/c1-11(10-19)20-16(22)12-8-13(17(2,3)4)15(21)14(9-12)18(5,6)7/h8-9,11,21H,10,19H2,1-7H3,(H,20,22). The summed E-state index contributed by atoms with van der Waals surface area (Å²) >= 11 is 0. The lowest BCUT2D eigenvalue weighted by molar-refractivity contribution is 0.0941. The van der Waals surface area contributed by atoms with E-state index in [-0.39, 0.29) is 28.5 Å². The second-order valence-electron chi connectivity index (χ2n) is 8.03. The lowest BCUT2D eigenvalue weighted by Gasteiger charge is -2.28. The Bertz CT molecular complexity index is 516. The van der Waals surface area contributed by atoms with E-state index in [1.165, 1.54) is 0 Å². The molecule has 4 N–H and O–H groups in total. The number of carbonyl (C=O) groups is 1. The third-order valence-corrected chi connectivity index (χ3v) is 3.72. The van der Waals surface area contributed by atoms with Gasteiger partial charge in [-0.3, -0.25) is 4.79 Å². The predicted molar refractivity (Wildman–Crippen MR) is 91.5 cm³/mol. The van der Waals surface area contributed by atoms with Gasteiger partial charge in [-0.1, -0.05) is 41.5 Å². The molecule has 0 heterocycles. The van der Waals surface area contributed by atoms with Gasteiger partial charge in [0.25, 0.3) is 5.91 Å². The smallest absolute Gasteiger partial charge is 0.251 e. The zero-order valence-corrected chi connectivity index (χ0v) is 14.9. The van der Waals surface area contributed by atoms with Crippen LogP contribution >= 0.6 is 0 Å². The molecule has 1 aromatic carbocycles. The highest BCUT2D eigenvalue weighted by Gasteiger charge is 2.27. The Morgan fingerprint density at radius 2 is 1.55 bits per heavy atom. The van der Waals surface area contributed by atoms with Crippen molar-refractivity contribution < 1.29 is 9.90 Å². The quantitative estimate of drug-likeness (QED) is 0.803. The lowest BCUT2D eigenvalue weighted by Crippen LogP contribution is -2.38. The van der Waals surface area contributed by atoms with E-state index in [1.54, 1.807) is 12.1 Å². The highest BCUT2D eigenvalue weighted by atomic mass is 16.3. The van der Waals surface area contributed by atoms with Crippen LogP contribution in [0.4, 0.5) is 0 Å². The number of rotatable bonds is 3. The van der Waals surface area contributed by atoms with Crippen molar-refractivity contribution in [2.24, 2.45) is 5.73 Å². The summed E-state index contributed by atoms with van der Waals surface area (Å²) < 4.78 is 0. The Morgan fingerprint density at radius 3 is 1.86 bits per heavy atom. The van der Waals surface area contributed by atoms with E-state index in [1.807, 2.05) is 48.5 Å². The molecular weight excluding hydrogens is 276 g/mol. The molecule has 0 saturated heterocycles. The van der Waals surface area contributed by atoms with E-state index in [0.717, 1.165) is 11.1 Å². The van der Waals surface area contributed by atoms with Crippen LogP contribution in [0.3, 0.4) is 0 Å². The topological polar surface area (TPSA) is 75.3 Å². The van der Waals surface area contributed by atoms with Crippen LogP contribution < -0.4 is 11.1 Å². The Morgan fingerprint density at radius 1 is 1.14 bits per heavy atom. The number of aromatic hydroxyl groups is 1. The number of nitrogens with two attached hydrogens (primary N) is 1. The van der Waals surface area contributed by atoms with Crippen molar-refractivity contribution in [2.45, 2.75) is 65.3 Å². The maximum absolute atomic E-state index is 12.4. The van der Waals surface area contributed by atoms with Gasteiger partial charge in [-0.2, -0.15) is 0 Å². The van der Waals surface area contributed by atoms with E-state index in [9.17, 15) is 9.90 Å². The summed E-state index contributed by atoms with van der Waals surface area (Å²) in [4.78, 5) is 12.4. The second kappa shape index (κ2) is 6.29. The van der Waals surface area contributed by atoms with Crippen molar-refractivity contribution in [3.05, 3.63) is 28.8 Å². The molecule has 22 heavy (non-hydrogen) atoms. The minimum atomic E-state index is -0.250. The number of amides is 1. The van der Waals surface area contributed by atoms with Crippen LogP contribution in [0.5, 0.6) is 5.75 Å². The number of carbonyl (C=O) groups excluding carboxylic acids is 1. The number of hydrogen-bond donors (Lipinski definition) is 3. The van der Waals surface area contributed by atoms with Crippen LogP contribution in [-0.4, -0.2) is 23.6 Å². The summed E-state index contributed by atoms with van der Waals surface area (Å²) in [5.41, 5.74) is 7.19. The Hall–Kier alpha value is -1.55. The summed E-state index contributed by atoms with van der Waals surface area (Å²) in [6.07, 6.45) is 0. The van der Waals surface area contributed by atoms with Gasteiger partial charge in [0, 0.05) is 29.3 Å². The molecule has 0 aliphatic carbocycles. The summed E-state index contributed by atoms with van der Waals surface area (Å²) in [5, 5.41) is 13.5. The van der Waals surface area contributed by atoms with E-state index >= 15 is 0 Å². The molecular formula is C18H30N2O2. The fraction of sp³-hybridized carbons (Fsp3) is 0.611. The molecule has 0 saturated carbocycles. The molecule has 4 nitrogen and oxygen atoms in total. The number of phenolic OH excluding ortho intramolecular Hbond substituents is 1. The third-order valence-electron chi connectivity index (χ3n) is 3.72. The monoisotopic (exact) mass is 306 g/mol. The van der Waals surface area contributed by atoms with Gasteiger partial charge in [0.2, 0.25) is 0 Å². The molecule has 1 unspecified atom stereocenters. The first-order valence-electron chi connectivity index (χ1n) is 7.76. The average molecular weight is 306 g/mol. The maximum atomic E-state index is 12.4. The van der Waals surface area contributed by atoms with Crippen LogP contribution in [0.1, 0.15) is 70.0 Å². The number of hydrogen-bond acceptors (Lipinski definition) is 3. The Labute approximate surface area is 134 Å². The van der Waals surface area contributed by atoms with Crippen molar-refractivity contribution in [2.75, 3.05) is 6.54 Å². The molecule has 4 heteroatoms. The average Bonchev–Trinajstić information content (AvgIpc) is 2.35. The zero-order valence-electron chi connectivity index (χ0n) is 14.9. The molecule has 1 amide bonds. The van der Waals surface area contributed by atoms with Crippen LogP contribution in [0, 0.1) is 0 Å². The van der Waals surface area contributed by atoms with Gasteiger partial charge in [0.15, 0.2) is 0 Å². The van der Waals surface area contributed by atoms with Gasteiger partial charge in [-0.15, -0.1) is 0 Å². The van der Waals surface area contributed by atoms with Gasteiger partial charge in [0.05, 0.1) is 0 Å². The van der Waals surface area contributed by atoms with E-state index in [0.29, 0.717) is 12.1 Å². The minimum absolute atomic E-state index is 0.0857. The molecule has 0 aromatic heterocycles. The van der Waals surface area contributed by atoms with Crippen molar-refractivity contribution in [3.63, 3.8) is 0 Å². The van der Waals surface area contributed by atoms with Crippen molar-refractivity contribution in [1.82, 2.24) is 5.32 Å². The van der Waals surface area contributed by atoms with Crippen LogP contribution in [0.25, 0.3) is 0 Å². The van der Waals surface area contributed by atoms with Gasteiger partial charge in [0.1, 0.15) is 5.75 Å².